The molecule has 0 saturated heterocycles. The minimum Gasteiger partial charge on any atom is -0.399 e. The zero-order chi connectivity index (χ0) is 20.2. The Morgan fingerprint density at radius 1 is 1.04 bits per heavy atom. The van der Waals surface area contributed by atoms with Gasteiger partial charge in [-0.3, -0.25) is 9.59 Å². The highest BCUT2D eigenvalue weighted by Crippen LogP contribution is 2.32. The van der Waals surface area contributed by atoms with Gasteiger partial charge < -0.3 is 16.8 Å². The van der Waals surface area contributed by atoms with E-state index in [4.69, 9.17) is 11.5 Å². The van der Waals surface area contributed by atoms with E-state index in [9.17, 15) is 22.8 Å². The van der Waals surface area contributed by atoms with E-state index in [1.54, 1.807) is 24.3 Å². The van der Waals surface area contributed by atoms with Crippen LogP contribution in [-0.4, -0.2) is 11.8 Å². The summed E-state index contributed by atoms with van der Waals surface area (Å²) in [7, 11) is 0. The number of carbonyl (C=O) groups excluding carboxylic acids is 2. The number of benzene rings is 2. The molecule has 144 valence electrons. The van der Waals surface area contributed by atoms with Gasteiger partial charge in [0.2, 0.25) is 11.8 Å². The number of amides is 2. The highest BCUT2D eigenvalue weighted by Gasteiger charge is 2.37. The van der Waals surface area contributed by atoms with Crippen LogP contribution in [0.5, 0.6) is 0 Å². The van der Waals surface area contributed by atoms with Crippen molar-refractivity contribution >= 4 is 17.5 Å². The first-order valence-electron chi connectivity index (χ1n) is 8.16. The number of rotatable bonds is 6. The van der Waals surface area contributed by atoms with E-state index in [2.05, 4.69) is 5.32 Å². The Kier molecular flexibility index (Phi) is 5.78. The van der Waals surface area contributed by atoms with E-state index in [1.807, 2.05) is 0 Å². The van der Waals surface area contributed by atoms with E-state index < -0.39 is 29.1 Å². The molecule has 0 radical (unpaired) electrons. The Morgan fingerprint density at radius 3 is 2.26 bits per heavy atom. The van der Waals surface area contributed by atoms with Gasteiger partial charge in [0.1, 0.15) is 5.54 Å². The zero-order valence-electron chi connectivity index (χ0n) is 14.6. The third-order valence-electron chi connectivity index (χ3n) is 4.33. The summed E-state index contributed by atoms with van der Waals surface area (Å²) in [4.78, 5) is 24.3. The first-order chi connectivity index (χ1) is 12.5. The summed E-state index contributed by atoms with van der Waals surface area (Å²) in [5.74, 6) is -1.49. The maximum Gasteiger partial charge on any atom is 0.416 e. The van der Waals surface area contributed by atoms with Gasteiger partial charge in [-0.2, -0.15) is 13.2 Å². The number of alkyl halides is 3. The molecule has 0 saturated carbocycles. The van der Waals surface area contributed by atoms with E-state index in [1.165, 1.54) is 13.0 Å². The molecule has 2 aromatic rings. The van der Waals surface area contributed by atoms with E-state index in [0.717, 1.165) is 23.8 Å². The maximum absolute atomic E-state index is 13.0. The molecule has 2 aromatic carbocycles. The molecule has 0 aromatic heterocycles. The molecule has 1 unspecified atom stereocenters. The Labute approximate surface area is 154 Å². The van der Waals surface area contributed by atoms with Crippen LogP contribution in [0.1, 0.15) is 30.0 Å². The molecule has 2 rings (SSSR count). The van der Waals surface area contributed by atoms with E-state index >= 15 is 0 Å². The number of para-hydroxylation sites is 1. The second kappa shape index (κ2) is 7.69. The molecule has 0 heterocycles. The van der Waals surface area contributed by atoms with Gasteiger partial charge in [0, 0.05) is 12.1 Å². The molecule has 0 spiro atoms. The number of hydrogen-bond donors (Lipinski definition) is 3. The molecule has 5 nitrogen and oxygen atoms in total. The van der Waals surface area contributed by atoms with Gasteiger partial charge in [-0.1, -0.05) is 30.3 Å². The van der Waals surface area contributed by atoms with Crippen LogP contribution < -0.4 is 16.8 Å². The first kappa shape index (κ1) is 20.3. The summed E-state index contributed by atoms with van der Waals surface area (Å²) in [5, 5.41) is 2.46. The average molecular weight is 379 g/mol. The van der Waals surface area contributed by atoms with Gasteiger partial charge >= 0.3 is 6.18 Å². The van der Waals surface area contributed by atoms with Crippen LogP contribution >= 0.6 is 0 Å². The number of halogens is 3. The lowest BCUT2D eigenvalue weighted by atomic mass is 9.89. The summed E-state index contributed by atoms with van der Waals surface area (Å²) < 4.78 is 38.9. The fourth-order valence-corrected chi connectivity index (χ4v) is 2.63. The molecule has 1 atom stereocenters. The van der Waals surface area contributed by atoms with Gasteiger partial charge in [0.15, 0.2) is 0 Å². The van der Waals surface area contributed by atoms with Gasteiger partial charge in [-0.25, -0.2) is 0 Å². The van der Waals surface area contributed by atoms with Gasteiger partial charge in [0.05, 0.1) is 5.56 Å². The van der Waals surface area contributed by atoms with Crippen LogP contribution in [0.2, 0.25) is 0 Å². The monoisotopic (exact) mass is 379 g/mol. The van der Waals surface area contributed by atoms with Crippen LogP contribution in [0.4, 0.5) is 18.9 Å². The molecule has 0 fully saturated rings. The fraction of sp³-hybridized carbons (Fsp3) is 0.263. The Hall–Kier alpha value is -3.03. The highest BCUT2D eigenvalue weighted by atomic mass is 19.4. The molecule has 0 aliphatic carbocycles. The number of hydrogen-bond acceptors (Lipinski definition) is 3. The SMILES string of the molecule is CC(NC(=O)CCc1ccccc1N)(C(N)=O)c1cccc(C(F)(F)F)c1. The van der Waals surface area contributed by atoms with Crippen molar-refractivity contribution < 1.29 is 22.8 Å². The molecular formula is C19H20F3N3O2. The van der Waals surface area contributed by atoms with Crippen molar-refractivity contribution in [1.29, 1.82) is 0 Å². The Balaban J connectivity index is 2.20. The molecule has 0 aliphatic heterocycles. The summed E-state index contributed by atoms with van der Waals surface area (Å²) in [6.07, 6.45) is -4.27. The number of nitrogens with two attached hydrogens (primary N) is 2. The summed E-state index contributed by atoms with van der Waals surface area (Å²) in [5.41, 5.74) is 9.74. The van der Waals surface area contributed by atoms with Crippen molar-refractivity contribution in [2.24, 2.45) is 5.73 Å². The van der Waals surface area contributed by atoms with Crippen LogP contribution in [0.25, 0.3) is 0 Å². The Bertz CT molecular complexity index is 852. The minimum atomic E-state index is -4.58. The quantitative estimate of drug-likeness (QED) is 0.673. The number of primary amides is 1. The predicted molar refractivity (Wildman–Crippen MR) is 95.3 cm³/mol. The summed E-state index contributed by atoms with van der Waals surface area (Å²) in [6, 6.07) is 11.2. The first-order valence-corrected chi connectivity index (χ1v) is 8.16. The lowest BCUT2D eigenvalue weighted by molar-refractivity contribution is -0.138. The standard InChI is InChI=1S/C19H20F3N3O2/c1-18(17(24)27,13-6-4-7-14(11-13)19(20,21)22)25-16(26)10-9-12-5-2-3-8-15(12)23/h2-8,11H,9-10,23H2,1H3,(H2,24,27)(H,25,26). The highest BCUT2D eigenvalue weighted by molar-refractivity contribution is 5.91. The second-order valence-corrected chi connectivity index (χ2v) is 6.31. The van der Waals surface area contributed by atoms with E-state index in [-0.39, 0.29) is 12.0 Å². The fourth-order valence-electron chi connectivity index (χ4n) is 2.63. The third kappa shape index (κ3) is 4.78. The molecular weight excluding hydrogens is 359 g/mol. The molecule has 27 heavy (non-hydrogen) atoms. The number of aryl methyl sites for hydroxylation is 1. The van der Waals surface area contributed by atoms with Gasteiger partial charge in [-0.05, 0) is 42.7 Å². The van der Waals surface area contributed by atoms with Crippen LogP contribution in [0, 0.1) is 0 Å². The number of carbonyl (C=O) groups is 2. The van der Waals surface area contributed by atoms with Crippen molar-refractivity contribution in [2.45, 2.75) is 31.5 Å². The molecule has 8 heteroatoms. The second-order valence-electron chi connectivity index (χ2n) is 6.31. The van der Waals surface area contributed by atoms with Crippen molar-refractivity contribution in [3.63, 3.8) is 0 Å². The molecule has 2 amide bonds. The smallest absolute Gasteiger partial charge is 0.399 e. The number of nitrogens with one attached hydrogen (secondary N) is 1. The molecule has 0 bridgehead atoms. The topological polar surface area (TPSA) is 98.2 Å². The zero-order valence-corrected chi connectivity index (χ0v) is 14.6. The Morgan fingerprint density at radius 2 is 1.67 bits per heavy atom. The predicted octanol–water partition coefficient (Wildman–Crippen LogP) is 2.74. The number of anilines is 1. The van der Waals surface area contributed by atoms with Gasteiger partial charge in [-0.15, -0.1) is 0 Å². The third-order valence-corrected chi connectivity index (χ3v) is 4.33. The van der Waals surface area contributed by atoms with Crippen molar-refractivity contribution in [3.05, 3.63) is 65.2 Å². The summed E-state index contributed by atoms with van der Waals surface area (Å²) >= 11 is 0. The molecule has 0 aliphatic rings. The normalized spacial score (nSPS) is 13.6. The van der Waals surface area contributed by atoms with Crippen molar-refractivity contribution in [1.82, 2.24) is 5.32 Å². The lowest BCUT2D eigenvalue weighted by Crippen LogP contribution is -2.52. The largest absolute Gasteiger partial charge is 0.416 e. The minimum absolute atomic E-state index is 0.00392. The average Bonchev–Trinajstić information content (AvgIpc) is 2.60. The van der Waals surface area contributed by atoms with Crippen LogP contribution in [0.15, 0.2) is 48.5 Å². The number of nitrogen functional groups attached to an aromatic ring is 1. The van der Waals surface area contributed by atoms with Crippen LogP contribution in [-0.2, 0) is 27.7 Å². The van der Waals surface area contributed by atoms with Crippen LogP contribution in [0.3, 0.4) is 0 Å². The molecule has 5 N–H and O–H groups in total. The summed E-state index contributed by atoms with van der Waals surface area (Å²) in [6.45, 7) is 1.28. The van der Waals surface area contributed by atoms with Gasteiger partial charge in [0.25, 0.3) is 0 Å². The van der Waals surface area contributed by atoms with E-state index in [0.29, 0.717) is 12.1 Å². The van der Waals surface area contributed by atoms with Crippen molar-refractivity contribution in [3.8, 4) is 0 Å². The lowest BCUT2D eigenvalue weighted by Gasteiger charge is -2.28. The maximum atomic E-state index is 13.0. The van der Waals surface area contributed by atoms with Crippen molar-refractivity contribution in [2.75, 3.05) is 5.73 Å².